The third-order valence-corrected chi connectivity index (χ3v) is 3.23. The van der Waals surface area contributed by atoms with E-state index in [9.17, 15) is 23.1 Å². The molecular formula is C11H13F3N3O2-. The van der Waals surface area contributed by atoms with Crippen molar-refractivity contribution in [2.45, 2.75) is 38.5 Å². The number of fused-ring (bicyclic) bond motifs is 1. The van der Waals surface area contributed by atoms with Crippen LogP contribution in [-0.4, -0.2) is 28.0 Å². The summed E-state index contributed by atoms with van der Waals surface area (Å²) in [7, 11) is 0. The molecule has 0 fully saturated rings. The normalized spacial score (nSPS) is 23.1. The number of hydrogen-bond acceptors (Lipinski definition) is 4. The van der Waals surface area contributed by atoms with Gasteiger partial charge in [0, 0.05) is 12.1 Å². The number of carboxylic acid groups (broad SMARTS) is 1. The minimum Gasteiger partial charge on any atom is -0.543 e. The highest BCUT2D eigenvalue weighted by Crippen LogP contribution is 2.40. The molecule has 0 bridgehead atoms. The molecule has 0 unspecified atom stereocenters. The molecule has 19 heavy (non-hydrogen) atoms. The Morgan fingerprint density at radius 2 is 2.21 bits per heavy atom. The van der Waals surface area contributed by atoms with E-state index in [2.05, 4.69) is 10.4 Å². The number of carbonyl (C=O) groups is 1. The largest absolute Gasteiger partial charge is 0.543 e. The zero-order valence-electron chi connectivity index (χ0n) is 10.4. The maximum atomic E-state index is 13.0. The highest BCUT2D eigenvalue weighted by Gasteiger charge is 2.46. The molecule has 1 aromatic rings. The van der Waals surface area contributed by atoms with Gasteiger partial charge in [-0.1, -0.05) is 13.8 Å². The molecule has 0 radical (unpaired) electrons. The van der Waals surface area contributed by atoms with Crippen LogP contribution in [0, 0.1) is 5.92 Å². The van der Waals surface area contributed by atoms with E-state index in [4.69, 9.17) is 0 Å². The zero-order valence-corrected chi connectivity index (χ0v) is 10.4. The Hall–Kier alpha value is -1.73. The maximum Gasteiger partial charge on any atom is 0.410 e. The monoisotopic (exact) mass is 276 g/mol. The summed E-state index contributed by atoms with van der Waals surface area (Å²) in [5.74, 6) is -1.54. The Morgan fingerprint density at radius 1 is 1.58 bits per heavy atom. The van der Waals surface area contributed by atoms with Crippen LogP contribution in [0.15, 0.2) is 6.07 Å². The van der Waals surface area contributed by atoms with Gasteiger partial charge in [0.05, 0.1) is 5.97 Å². The second-order valence-electron chi connectivity index (χ2n) is 4.93. The number of halogens is 3. The van der Waals surface area contributed by atoms with E-state index in [-0.39, 0.29) is 24.2 Å². The molecule has 106 valence electrons. The molecule has 2 atom stereocenters. The van der Waals surface area contributed by atoms with Crippen molar-refractivity contribution in [3.05, 3.63) is 11.8 Å². The minimum absolute atomic E-state index is 0.0140. The summed E-state index contributed by atoms with van der Waals surface area (Å²) >= 11 is 0. The van der Waals surface area contributed by atoms with Gasteiger partial charge in [-0.2, -0.15) is 18.3 Å². The summed E-state index contributed by atoms with van der Waals surface area (Å²) < 4.78 is 39.7. The van der Waals surface area contributed by atoms with Crippen molar-refractivity contribution < 1.29 is 23.1 Å². The number of rotatable bonds is 2. The van der Waals surface area contributed by atoms with Crippen LogP contribution in [0.4, 0.5) is 19.0 Å². The van der Waals surface area contributed by atoms with Crippen molar-refractivity contribution >= 4 is 11.8 Å². The van der Waals surface area contributed by atoms with E-state index >= 15 is 0 Å². The van der Waals surface area contributed by atoms with Gasteiger partial charge in [-0.3, -0.25) is 0 Å². The summed E-state index contributed by atoms with van der Waals surface area (Å²) in [6.45, 7) is 3.60. The first-order chi connectivity index (χ1) is 8.70. The van der Waals surface area contributed by atoms with Crippen LogP contribution in [0.1, 0.15) is 36.8 Å². The molecule has 1 aliphatic rings. The fourth-order valence-corrected chi connectivity index (χ4v) is 2.14. The highest BCUT2D eigenvalue weighted by atomic mass is 19.4. The number of hydrogen-bond donors (Lipinski definition) is 1. The van der Waals surface area contributed by atoms with Crippen molar-refractivity contribution in [3.8, 4) is 0 Å². The molecule has 5 nitrogen and oxygen atoms in total. The smallest absolute Gasteiger partial charge is 0.410 e. The number of carbonyl (C=O) groups excluding carboxylic acids is 1. The van der Waals surface area contributed by atoms with E-state index in [1.807, 2.05) is 0 Å². The lowest BCUT2D eigenvalue weighted by Crippen LogP contribution is -2.41. The fourth-order valence-electron chi connectivity index (χ4n) is 2.14. The molecule has 0 amide bonds. The van der Waals surface area contributed by atoms with Crippen LogP contribution in [0.25, 0.3) is 0 Å². The second kappa shape index (κ2) is 4.43. The Balaban J connectivity index is 2.44. The molecule has 0 spiro atoms. The van der Waals surface area contributed by atoms with E-state index in [1.54, 1.807) is 13.8 Å². The van der Waals surface area contributed by atoms with Gasteiger partial charge in [0.1, 0.15) is 11.5 Å². The Morgan fingerprint density at radius 3 is 2.68 bits per heavy atom. The summed E-state index contributed by atoms with van der Waals surface area (Å²) in [6.07, 6.45) is -4.65. The number of nitrogens with one attached hydrogen (secondary N) is 1. The number of aromatic nitrogens is 2. The number of anilines is 1. The fraction of sp³-hybridized carbons (Fsp3) is 0.636. The average molecular weight is 276 g/mol. The summed E-state index contributed by atoms with van der Waals surface area (Å²) in [6, 6.07) is -1.13. The van der Waals surface area contributed by atoms with Gasteiger partial charge in [-0.25, -0.2) is 4.68 Å². The van der Waals surface area contributed by atoms with Crippen LogP contribution in [0.3, 0.4) is 0 Å². The third kappa shape index (κ3) is 2.52. The minimum atomic E-state index is -4.47. The summed E-state index contributed by atoms with van der Waals surface area (Å²) in [5, 5.41) is 17.0. The predicted molar refractivity (Wildman–Crippen MR) is 58.5 cm³/mol. The second-order valence-corrected chi connectivity index (χ2v) is 4.93. The van der Waals surface area contributed by atoms with Crippen LogP contribution in [0.2, 0.25) is 0 Å². The Bertz CT molecular complexity index is 496. The van der Waals surface area contributed by atoms with Crippen LogP contribution < -0.4 is 10.4 Å². The molecular weight excluding hydrogens is 263 g/mol. The summed E-state index contributed by atoms with van der Waals surface area (Å²) in [4.78, 5) is 10.7. The first-order valence-corrected chi connectivity index (χ1v) is 5.84. The van der Waals surface area contributed by atoms with Crippen molar-refractivity contribution in [3.63, 3.8) is 0 Å². The van der Waals surface area contributed by atoms with Crippen molar-refractivity contribution in [1.82, 2.24) is 9.78 Å². The lowest BCUT2D eigenvalue weighted by Gasteiger charge is -2.35. The van der Waals surface area contributed by atoms with Crippen LogP contribution in [0.5, 0.6) is 0 Å². The number of nitrogens with zero attached hydrogens (tertiary/aromatic N) is 2. The van der Waals surface area contributed by atoms with Crippen molar-refractivity contribution in [2.24, 2.45) is 5.92 Å². The quantitative estimate of drug-likeness (QED) is 0.881. The van der Waals surface area contributed by atoms with Gasteiger partial charge in [-0.05, 0) is 12.3 Å². The molecule has 1 aromatic heterocycles. The molecule has 2 heterocycles. The lowest BCUT2D eigenvalue weighted by molar-refractivity contribution is -0.255. The molecule has 1 N–H and O–H groups in total. The molecule has 0 saturated heterocycles. The van der Waals surface area contributed by atoms with Gasteiger partial charge >= 0.3 is 6.18 Å². The number of alkyl halides is 3. The van der Waals surface area contributed by atoms with Crippen molar-refractivity contribution in [2.75, 3.05) is 5.32 Å². The van der Waals surface area contributed by atoms with E-state index < -0.39 is 23.9 Å². The number of aromatic carboxylic acids is 1. The van der Waals surface area contributed by atoms with Crippen LogP contribution >= 0.6 is 0 Å². The molecule has 0 aliphatic carbocycles. The SMILES string of the molecule is CC(C)[C@@H]1C[C@@H](C(F)(F)F)n2nc(C(=O)[O-])cc2N1. The van der Waals surface area contributed by atoms with Gasteiger partial charge in [-0.15, -0.1) is 0 Å². The van der Waals surface area contributed by atoms with E-state index in [0.717, 1.165) is 6.07 Å². The van der Waals surface area contributed by atoms with Crippen molar-refractivity contribution in [1.29, 1.82) is 0 Å². The molecule has 1 aliphatic heterocycles. The van der Waals surface area contributed by atoms with Gasteiger partial charge in [0.2, 0.25) is 0 Å². The number of carboxylic acids is 1. The highest BCUT2D eigenvalue weighted by molar-refractivity contribution is 5.84. The van der Waals surface area contributed by atoms with Gasteiger partial charge in [0.25, 0.3) is 0 Å². The third-order valence-electron chi connectivity index (χ3n) is 3.23. The molecule has 2 rings (SSSR count). The zero-order chi connectivity index (χ0) is 14.4. The molecule has 0 aromatic carbocycles. The van der Waals surface area contributed by atoms with Gasteiger partial charge in [0.15, 0.2) is 6.04 Å². The Labute approximate surface area is 107 Å². The van der Waals surface area contributed by atoms with E-state index in [1.165, 1.54) is 0 Å². The first kappa shape index (κ1) is 13.7. The summed E-state index contributed by atoms with van der Waals surface area (Å²) in [5.41, 5.74) is -0.499. The topological polar surface area (TPSA) is 70.0 Å². The maximum absolute atomic E-state index is 13.0. The lowest BCUT2D eigenvalue weighted by atomic mass is 9.94. The average Bonchev–Trinajstić information content (AvgIpc) is 2.69. The Kier molecular flexibility index (Phi) is 3.19. The van der Waals surface area contributed by atoms with E-state index in [0.29, 0.717) is 4.68 Å². The van der Waals surface area contributed by atoms with Crippen LogP contribution in [-0.2, 0) is 0 Å². The predicted octanol–water partition coefficient (Wildman–Crippen LogP) is 1.19. The standard InChI is InChI=1S/C11H14F3N3O2/c1-5(2)6-3-8(11(12,13)14)17-9(15-6)4-7(16-17)10(18)19/h4-6,8,15H,3H2,1-2H3,(H,18,19)/p-1/t6-,8-/m0/s1. The molecule has 0 saturated carbocycles. The first-order valence-electron chi connectivity index (χ1n) is 5.84. The molecule has 8 heteroatoms. The van der Waals surface area contributed by atoms with Gasteiger partial charge < -0.3 is 15.2 Å².